The first-order valence-corrected chi connectivity index (χ1v) is 4.70. The van der Waals surface area contributed by atoms with Crippen molar-refractivity contribution in [2.24, 2.45) is 5.92 Å². The summed E-state index contributed by atoms with van der Waals surface area (Å²) in [5.41, 5.74) is 0.265. The van der Waals surface area contributed by atoms with Gasteiger partial charge in [0.15, 0.2) is 0 Å². The Morgan fingerprint density at radius 3 is 3.00 bits per heavy atom. The van der Waals surface area contributed by atoms with Crippen LogP contribution < -0.4 is 0 Å². The zero-order valence-electron chi connectivity index (χ0n) is 6.45. The SMILES string of the molecule is CC1CCC1(O)c1ccsn1. The first kappa shape index (κ1) is 7.25. The van der Waals surface area contributed by atoms with Gasteiger partial charge in [-0.3, -0.25) is 0 Å². The van der Waals surface area contributed by atoms with Gasteiger partial charge in [-0.25, -0.2) is 0 Å². The van der Waals surface area contributed by atoms with Gasteiger partial charge in [0.2, 0.25) is 0 Å². The van der Waals surface area contributed by atoms with Gasteiger partial charge in [0, 0.05) is 5.38 Å². The van der Waals surface area contributed by atoms with E-state index in [0.29, 0.717) is 5.92 Å². The number of nitrogens with zero attached hydrogens (tertiary/aromatic N) is 1. The molecular formula is C8H11NOS. The fourth-order valence-corrected chi connectivity index (χ4v) is 2.11. The van der Waals surface area contributed by atoms with Crippen LogP contribution in [-0.2, 0) is 5.60 Å². The third kappa shape index (κ3) is 0.914. The van der Waals surface area contributed by atoms with Crippen molar-refractivity contribution in [3.05, 3.63) is 17.1 Å². The average molecular weight is 169 g/mol. The van der Waals surface area contributed by atoms with Gasteiger partial charge in [0.1, 0.15) is 5.60 Å². The van der Waals surface area contributed by atoms with Crippen molar-refractivity contribution in [1.29, 1.82) is 0 Å². The first-order valence-electron chi connectivity index (χ1n) is 3.87. The van der Waals surface area contributed by atoms with E-state index in [1.165, 1.54) is 11.5 Å². The van der Waals surface area contributed by atoms with Crippen molar-refractivity contribution in [1.82, 2.24) is 4.37 Å². The molecule has 1 aliphatic carbocycles. The molecule has 1 heterocycles. The molecule has 0 radical (unpaired) electrons. The third-order valence-electron chi connectivity index (χ3n) is 2.66. The molecule has 2 unspecified atom stereocenters. The van der Waals surface area contributed by atoms with Crippen LogP contribution in [0, 0.1) is 5.92 Å². The summed E-state index contributed by atoms with van der Waals surface area (Å²) in [7, 11) is 0. The van der Waals surface area contributed by atoms with E-state index in [0.717, 1.165) is 18.5 Å². The third-order valence-corrected chi connectivity index (χ3v) is 3.22. The second-order valence-corrected chi connectivity index (χ2v) is 3.91. The Morgan fingerprint density at radius 1 is 1.82 bits per heavy atom. The van der Waals surface area contributed by atoms with E-state index in [1.54, 1.807) is 0 Å². The van der Waals surface area contributed by atoms with Gasteiger partial charge in [-0.2, -0.15) is 4.37 Å². The average Bonchev–Trinajstić information content (AvgIpc) is 2.52. The lowest BCUT2D eigenvalue weighted by molar-refractivity contribution is -0.0957. The highest BCUT2D eigenvalue weighted by atomic mass is 32.1. The highest BCUT2D eigenvalue weighted by Gasteiger charge is 2.44. The molecule has 11 heavy (non-hydrogen) atoms. The van der Waals surface area contributed by atoms with Gasteiger partial charge in [-0.05, 0) is 36.4 Å². The largest absolute Gasteiger partial charge is 0.383 e. The van der Waals surface area contributed by atoms with Crippen LogP contribution in [0.25, 0.3) is 0 Å². The molecule has 0 aromatic carbocycles. The highest BCUT2D eigenvalue weighted by molar-refractivity contribution is 7.03. The number of hydrogen-bond acceptors (Lipinski definition) is 3. The molecule has 2 rings (SSSR count). The van der Waals surface area contributed by atoms with Gasteiger partial charge < -0.3 is 5.11 Å². The molecule has 60 valence electrons. The molecular weight excluding hydrogens is 158 g/mol. The smallest absolute Gasteiger partial charge is 0.110 e. The maximum atomic E-state index is 9.98. The Hall–Kier alpha value is -0.410. The van der Waals surface area contributed by atoms with E-state index in [1.807, 2.05) is 11.4 Å². The maximum absolute atomic E-state index is 9.98. The van der Waals surface area contributed by atoms with E-state index >= 15 is 0 Å². The number of aliphatic hydroxyl groups is 1. The second kappa shape index (κ2) is 2.29. The lowest BCUT2D eigenvalue weighted by atomic mass is 9.69. The zero-order chi connectivity index (χ0) is 7.90. The first-order chi connectivity index (χ1) is 5.23. The highest BCUT2D eigenvalue weighted by Crippen LogP contribution is 2.45. The normalized spacial score (nSPS) is 36.7. The van der Waals surface area contributed by atoms with Crippen molar-refractivity contribution in [3.8, 4) is 0 Å². The Kier molecular flexibility index (Phi) is 1.51. The van der Waals surface area contributed by atoms with Crippen molar-refractivity contribution >= 4 is 11.5 Å². The topological polar surface area (TPSA) is 33.1 Å². The van der Waals surface area contributed by atoms with Crippen LogP contribution in [0.4, 0.5) is 0 Å². The van der Waals surface area contributed by atoms with Crippen LogP contribution in [0.5, 0.6) is 0 Å². The van der Waals surface area contributed by atoms with E-state index in [4.69, 9.17) is 0 Å². The summed E-state index contributed by atoms with van der Waals surface area (Å²) >= 11 is 1.41. The Balaban J connectivity index is 2.28. The molecule has 0 amide bonds. The molecule has 1 aromatic heterocycles. The van der Waals surface area contributed by atoms with E-state index in [2.05, 4.69) is 11.3 Å². The minimum atomic E-state index is -0.597. The van der Waals surface area contributed by atoms with Crippen LogP contribution in [0.3, 0.4) is 0 Å². The Morgan fingerprint density at radius 2 is 2.64 bits per heavy atom. The molecule has 0 bridgehead atoms. The second-order valence-electron chi connectivity index (χ2n) is 3.25. The summed E-state index contributed by atoms with van der Waals surface area (Å²) in [5, 5.41) is 11.9. The van der Waals surface area contributed by atoms with Crippen LogP contribution in [-0.4, -0.2) is 9.48 Å². The predicted octanol–water partition coefficient (Wildman–Crippen LogP) is 1.76. The van der Waals surface area contributed by atoms with E-state index in [9.17, 15) is 5.11 Å². The van der Waals surface area contributed by atoms with Crippen LogP contribution in [0.2, 0.25) is 0 Å². The fraction of sp³-hybridized carbons (Fsp3) is 0.625. The lowest BCUT2D eigenvalue weighted by Gasteiger charge is -2.42. The van der Waals surface area contributed by atoms with Crippen molar-refractivity contribution in [3.63, 3.8) is 0 Å². The van der Waals surface area contributed by atoms with E-state index < -0.39 is 5.60 Å². The summed E-state index contributed by atoms with van der Waals surface area (Å²) < 4.78 is 4.15. The quantitative estimate of drug-likeness (QED) is 0.695. The molecule has 1 aromatic rings. The molecule has 1 N–H and O–H groups in total. The van der Waals surface area contributed by atoms with Crippen LogP contribution in [0.15, 0.2) is 11.4 Å². The summed E-state index contributed by atoms with van der Waals surface area (Å²) in [6, 6.07) is 1.92. The van der Waals surface area contributed by atoms with Gasteiger partial charge in [-0.15, -0.1) is 0 Å². The molecule has 1 aliphatic rings. The summed E-state index contributed by atoms with van der Waals surface area (Å²) in [4.78, 5) is 0. The van der Waals surface area contributed by atoms with Crippen LogP contribution in [0.1, 0.15) is 25.5 Å². The van der Waals surface area contributed by atoms with Gasteiger partial charge >= 0.3 is 0 Å². The Bertz CT molecular complexity index is 247. The molecule has 1 saturated carbocycles. The number of hydrogen-bond donors (Lipinski definition) is 1. The lowest BCUT2D eigenvalue weighted by Crippen LogP contribution is -2.42. The molecule has 1 fully saturated rings. The van der Waals surface area contributed by atoms with E-state index in [-0.39, 0.29) is 0 Å². The molecule has 0 saturated heterocycles. The standard InChI is InChI=1S/C8H11NOS/c1-6-2-4-8(6,10)7-3-5-11-9-7/h3,5-6,10H,2,4H2,1H3. The molecule has 2 nitrogen and oxygen atoms in total. The van der Waals surface area contributed by atoms with Crippen molar-refractivity contribution < 1.29 is 5.11 Å². The predicted molar refractivity (Wildman–Crippen MR) is 44.4 cm³/mol. The minimum Gasteiger partial charge on any atom is -0.383 e. The minimum absolute atomic E-state index is 0.379. The van der Waals surface area contributed by atoms with Gasteiger partial charge in [0.25, 0.3) is 0 Å². The van der Waals surface area contributed by atoms with Crippen molar-refractivity contribution in [2.75, 3.05) is 0 Å². The van der Waals surface area contributed by atoms with Gasteiger partial charge in [-0.1, -0.05) is 6.92 Å². The number of aromatic nitrogens is 1. The van der Waals surface area contributed by atoms with Crippen molar-refractivity contribution in [2.45, 2.75) is 25.4 Å². The summed E-state index contributed by atoms with van der Waals surface area (Å²) in [5.74, 6) is 0.379. The fourth-order valence-electron chi connectivity index (χ4n) is 1.52. The molecule has 0 aliphatic heterocycles. The molecule has 2 atom stereocenters. The van der Waals surface area contributed by atoms with Crippen LogP contribution >= 0.6 is 11.5 Å². The monoisotopic (exact) mass is 169 g/mol. The number of rotatable bonds is 1. The molecule has 0 spiro atoms. The zero-order valence-corrected chi connectivity index (χ0v) is 7.27. The van der Waals surface area contributed by atoms with Gasteiger partial charge in [0.05, 0.1) is 5.69 Å². The Labute approximate surface area is 70.0 Å². The summed E-state index contributed by atoms with van der Waals surface area (Å²) in [6.07, 6.45) is 1.99. The summed E-state index contributed by atoms with van der Waals surface area (Å²) in [6.45, 7) is 2.07. The maximum Gasteiger partial charge on any atom is 0.110 e. The molecule has 3 heteroatoms.